The lowest BCUT2D eigenvalue weighted by Gasteiger charge is -2.26. The third-order valence-electron chi connectivity index (χ3n) is 6.32. The van der Waals surface area contributed by atoms with Gasteiger partial charge in [0.15, 0.2) is 11.6 Å². The highest BCUT2D eigenvalue weighted by atomic mass is 19.2. The predicted molar refractivity (Wildman–Crippen MR) is 114 cm³/mol. The Labute approximate surface area is 192 Å². The summed E-state index contributed by atoms with van der Waals surface area (Å²) < 4.78 is 28.9. The quantitative estimate of drug-likeness (QED) is 0.448. The van der Waals surface area contributed by atoms with Gasteiger partial charge in [0.05, 0.1) is 34.6 Å². The highest BCUT2D eigenvalue weighted by Crippen LogP contribution is 2.45. The average molecular weight is 464 g/mol. The molecule has 3 amide bonds. The fraction of sp³-hybridized carbons (Fsp3) is 0.208. The van der Waals surface area contributed by atoms with Crippen molar-refractivity contribution in [1.29, 1.82) is 0 Å². The molecular formula is C24H18F2N4O4. The van der Waals surface area contributed by atoms with Crippen LogP contribution in [0.5, 0.6) is 0 Å². The number of carboxylic acid groups (broad SMARTS) is 1. The number of carbonyl (C=O) groups excluding carboxylic acids is 2. The Morgan fingerprint density at radius 1 is 0.941 bits per heavy atom. The molecule has 1 aromatic heterocycles. The van der Waals surface area contributed by atoms with Gasteiger partial charge in [-0.25, -0.2) is 13.6 Å². The second-order valence-corrected chi connectivity index (χ2v) is 8.12. The zero-order valence-corrected chi connectivity index (χ0v) is 17.6. The molecule has 0 radical (unpaired) electrons. The van der Waals surface area contributed by atoms with Gasteiger partial charge in [-0.15, -0.1) is 0 Å². The Bertz CT molecular complexity index is 1300. The topological polar surface area (TPSA) is 112 Å². The van der Waals surface area contributed by atoms with E-state index in [0.717, 1.165) is 11.0 Å². The minimum Gasteiger partial charge on any atom is -0.465 e. The summed E-state index contributed by atoms with van der Waals surface area (Å²) in [5.41, 5.74) is 0.872. The zero-order valence-electron chi connectivity index (χ0n) is 17.6. The molecule has 0 fully saturated rings. The van der Waals surface area contributed by atoms with Crippen molar-refractivity contribution in [2.24, 2.45) is 0 Å². The normalized spacial score (nSPS) is 21.6. The summed E-state index contributed by atoms with van der Waals surface area (Å²) in [7, 11) is 0. The zero-order chi connectivity index (χ0) is 24.0. The molecule has 2 heterocycles. The van der Waals surface area contributed by atoms with E-state index in [0.29, 0.717) is 0 Å². The minimum absolute atomic E-state index is 0.0293. The van der Waals surface area contributed by atoms with Gasteiger partial charge in [0.1, 0.15) is 0 Å². The number of hydrogen-bond donors (Lipinski definition) is 2. The van der Waals surface area contributed by atoms with Gasteiger partial charge in [0.2, 0.25) is 0 Å². The third kappa shape index (κ3) is 3.38. The minimum atomic E-state index is -1.39. The van der Waals surface area contributed by atoms with Crippen molar-refractivity contribution in [3.05, 3.63) is 94.6 Å². The summed E-state index contributed by atoms with van der Waals surface area (Å²) in [6.45, 7) is 0. The number of aromatic nitrogens is 2. The van der Waals surface area contributed by atoms with E-state index in [1.165, 1.54) is 24.5 Å². The lowest BCUT2D eigenvalue weighted by molar-refractivity contribution is 0.0568. The van der Waals surface area contributed by atoms with Gasteiger partial charge in [0, 0.05) is 18.3 Å². The van der Waals surface area contributed by atoms with E-state index in [1.54, 1.807) is 24.3 Å². The van der Waals surface area contributed by atoms with Gasteiger partial charge in [-0.2, -0.15) is 0 Å². The number of rotatable bonds is 3. The van der Waals surface area contributed by atoms with Crippen molar-refractivity contribution in [2.75, 3.05) is 0 Å². The van der Waals surface area contributed by atoms with Crippen LogP contribution < -0.4 is 5.32 Å². The highest BCUT2D eigenvalue weighted by molar-refractivity contribution is 6.21. The lowest BCUT2D eigenvalue weighted by atomic mass is 9.86. The first-order chi connectivity index (χ1) is 16.4. The average Bonchev–Trinajstić information content (AvgIpc) is 2.98. The van der Waals surface area contributed by atoms with E-state index in [1.807, 2.05) is 0 Å². The van der Waals surface area contributed by atoms with Crippen LogP contribution in [0.2, 0.25) is 0 Å². The molecule has 5 rings (SSSR count). The molecule has 0 saturated carbocycles. The van der Waals surface area contributed by atoms with Gasteiger partial charge < -0.3 is 10.4 Å². The molecule has 2 aliphatic rings. The van der Waals surface area contributed by atoms with Gasteiger partial charge >= 0.3 is 6.09 Å². The molecule has 3 atom stereocenters. The lowest BCUT2D eigenvalue weighted by Crippen LogP contribution is -2.35. The number of imide groups is 1. The van der Waals surface area contributed by atoms with Crippen molar-refractivity contribution < 1.29 is 28.3 Å². The maximum atomic E-state index is 14.8. The monoisotopic (exact) mass is 464 g/mol. The SMILES string of the molecule is O=C(O)N[C@@H]1c2nccnc2[C@H](N2C(=O)c3ccccc3C2=O)CC[C@@H]1c1cccc(F)c1F. The smallest absolute Gasteiger partial charge is 0.405 e. The number of amides is 3. The Morgan fingerprint density at radius 3 is 2.24 bits per heavy atom. The first-order valence-electron chi connectivity index (χ1n) is 10.6. The Hall–Kier alpha value is -4.21. The van der Waals surface area contributed by atoms with Crippen LogP contribution in [-0.2, 0) is 0 Å². The van der Waals surface area contributed by atoms with Gasteiger partial charge in [0.25, 0.3) is 11.8 Å². The molecule has 10 heteroatoms. The molecule has 0 saturated heterocycles. The molecule has 0 spiro atoms. The molecule has 1 aliphatic carbocycles. The highest BCUT2D eigenvalue weighted by Gasteiger charge is 2.45. The van der Waals surface area contributed by atoms with Crippen LogP contribution >= 0.6 is 0 Å². The van der Waals surface area contributed by atoms with Gasteiger partial charge in [-0.1, -0.05) is 24.3 Å². The van der Waals surface area contributed by atoms with Gasteiger partial charge in [-0.05, 0) is 36.6 Å². The number of nitrogens with one attached hydrogen (secondary N) is 1. The summed E-state index contributed by atoms with van der Waals surface area (Å²) in [5.74, 6) is -4.01. The van der Waals surface area contributed by atoms with Crippen LogP contribution in [0.25, 0.3) is 0 Å². The Morgan fingerprint density at radius 2 is 1.59 bits per heavy atom. The molecule has 1 aliphatic heterocycles. The summed E-state index contributed by atoms with van der Waals surface area (Å²) in [6, 6.07) is 8.19. The molecule has 172 valence electrons. The van der Waals surface area contributed by atoms with Crippen molar-refractivity contribution in [3.8, 4) is 0 Å². The van der Waals surface area contributed by atoms with Crippen LogP contribution in [0, 0.1) is 11.6 Å². The number of fused-ring (bicyclic) bond motifs is 2. The molecule has 34 heavy (non-hydrogen) atoms. The summed E-state index contributed by atoms with van der Waals surface area (Å²) in [6.07, 6.45) is 1.61. The number of halogens is 2. The van der Waals surface area contributed by atoms with Gasteiger partial charge in [-0.3, -0.25) is 24.5 Å². The number of nitrogens with zero attached hydrogens (tertiary/aromatic N) is 3. The van der Waals surface area contributed by atoms with E-state index in [4.69, 9.17) is 0 Å². The summed E-state index contributed by atoms with van der Waals surface area (Å²) >= 11 is 0. The third-order valence-corrected chi connectivity index (χ3v) is 6.32. The van der Waals surface area contributed by atoms with Crippen LogP contribution in [0.1, 0.15) is 68.5 Å². The summed E-state index contributed by atoms with van der Waals surface area (Å²) in [4.78, 5) is 47.8. The van der Waals surface area contributed by atoms with E-state index >= 15 is 0 Å². The molecule has 2 N–H and O–H groups in total. The molecule has 0 unspecified atom stereocenters. The van der Waals surface area contributed by atoms with Crippen molar-refractivity contribution >= 4 is 17.9 Å². The Balaban J connectivity index is 1.64. The van der Waals surface area contributed by atoms with Crippen LogP contribution in [0.15, 0.2) is 54.9 Å². The molecule has 0 bridgehead atoms. The number of hydrogen-bond acceptors (Lipinski definition) is 5. The van der Waals surface area contributed by atoms with Crippen molar-refractivity contribution in [1.82, 2.24) is 20.2 Å². The van der Waals surface area contributed by atoms with Crippen molar-refractivity contribution in [2.45, 2.75) is 30.8 Å². The fourth-order valence-electron chi connectivity index (χ4n) is 4.87. The standard InChI is InChI=1S/C24H18F2N4O4/c25-16-7-3-6-12(18(16)26)13-8-9-17(20-21(28-11-10-27-20)19(13)29-24(33)34)30-22(31)14-4-1-2-5-15(14)23(30)32/h1-7,10-11,13,17,19,29H,8-9H2,(H,33,34)/t13-,17-,19+/m1/s1. The van der Waals surface area contributed by atoms with E-state index in [9.17, 15) is 28.3 Å². The first kappa shape index (κ1) is 21.6. The maximum Gasteiger partial charge on any atom is 0.405 e. The predicted octanol–water partition coefficient (Wildman–Crippen LogP) is 3.98. The van der Waals surface area contributed by atoms with Crippen LogP contribution in [0.4, 0.5) is 13.6 Å². The molecule has 8 nitrogen and oxygen atoms in total. The van der Waals surface area contributed by atoms with E-state index in [2.05, 4.69) is 15.3 Å². The molecule has 2 aromatic carbocycles. The Kier molecular flexibility index (Phi) is 5.27. The first-order valence-corrected chi connectivity index (χ1v) is 10.6. The molecular weight excluding hydrogens is 446 g/mol. The molecule has 3 aromatic rings. The maximum absolute atomic E-state index is 14.8. The van der Waals surface area contributed by atoms with Crippen LogP contribution in [0.3, 0.4) is 0 Å². The second-order valence-electron chi connectivity index (χ2n) is 8.12. The van der Waals surface area contributed by atoms with E-state index in [-0.39, 0.29) is 40.9 Å². The fourth-order valence-corrected chi connectivity index (χ4v) is 4.87. The number of benzene rings is 2. The largest absolute Gasteiger partial charge is 0.465 e. The van der Waals surface area contributed by atoms with Crippen molar-refractivity contribution in [3.63, 3.8) is 0 Å². The van der Waals surface area contributed by atoms with Crippen LogP contribution in [-0.4, -0.2) is 37.9 Å². The second kappa shape index (κ2) is 8.29. The number of carbonyl (C=O) groups is 3. The van der Waals surface area contributed by atoms with E-state index < -0.39 is 47.5 Å². The summed E-state index contributed by atoms with van der Waals surface area (Å²) in [5, 5.41) is 11.9.